The van der Waals surface area contributed by atoms with Gasteiger partial charge in [-0.3, -0.25) is 4.79 Å². The lowest BCUT2D eigenvalue weighted by molar-refractivity contribution is 0.399. The van der Waals surface area contributed by atoms with Gasteiger partial charge in [0.25, 0.3) is 0 Å². The molecule has 0 unspecified atom stereocenters. The van der Waals surface area contributed by atoms with Crippen molar-refractivity contribution in [1.29, 1.82) is 0 Å². The molecule has 7 nitrogen and oxygen atoms in total. The van der Waals surface area contributed by atoms with Gasteiger partial charge in [0, 0.05) is 11.6 Å². The first kappa shape index (κ1) is 20.0. The zero-order chi connectivity index (χ0) is 22.2. The second kappa shape index (κ2) is 7.97. The maximum absolute atomic E-state index is 13.7. The Morgan fingerprint density at radius 1 is 1.06 bits per heavy atom. The van der Waals surface area contributed by atoms with Crippen LogP contribution in [0.4, 0.5) is 5.13 Å². The third-order valence-corrected chi connectivity index (χ3v) is 5.87. The molecule has 0 spiro atoms. The van der Waals surface area contributed by atoms with Crippen molar-refractivity contribution in [2.24, 2.45) is 4.99 Å². The van der Waals surface area contributed by atoms with Crippen LogP contribution < -0.4 is 14.9 Å². The number of hydrogen-bond donors (Lipinski definition) is 0. The Hall–Kier alpha value is -3.91. The predicted octanol–water partition coefficient (Wildman–Crippen LogP) is 5.74. The van der Waals surface area contributed by atoms with Gasteiger partial charge in [0.15, 0.2) is 11.2 Å². The highest BCUT2D eigenvalue weighted by molar-refractivity contribution is 7.13. The molecule has 0 atom stereocenters. The fourth-order valence-corrected chi connectivity index (χ4v) is 4.36. The standard InChI is InChI=1S/C24H18N2O5S/c1-13-17(16-12-32-24(26-16)25-11-14-7-5-4-6-8-14)19(27)18-20(28-2)15-9-10-30-21(15)23(29-3)22(18)31-13/h4-12H,1-3H3/b25-11+. The molecule has 3 aromatic heterocycles. The number of hydrogen-bond acceptors (Lipinski definition) is 8. The molecule has 0 aliphatic rings. The number of nitrogens with zero attached hydrogens (tertiary/aromatic N) is 2. The minimum Gasteiger partial charge on any atom is -0.495 e. The van der Waals surface area contributed by atoms with Crippen molar-refractivity contribution in [2.75, 3.05) is 14.2 Å². The first-order chi connectivity index (χ1) is 15.6. The van der Waals surface area contributed by atoms with Gasteiger partial charge in [0.1, 0.15) is 16.9 Å². The van der Waals surface area contributed by atoms with E-state index >= 15 is 0 Å². The number of benzene rings is 2. The van der Waals surface area contributed by atoms with Gasteiger partial charge in [-0.2, -0.15) is 0 Å². The predicted molar refractivity (Wildman–Crippen MR) is 125 cm³/mol. The number of aryl methyl sites for hydroxylation is 1. The summed E-state index contributed by atoms with van der Waals surface area (Å²) in [4.78, 5) is 22.6. The van der Waals surface area contributed by atoms with Crippen molar-refractivity contribution < 1.29 is 18.3 Å². The van der Waals surface area contributed by atoms with Crippen molar-refractivity contribution in [1.82, 2.24) is 4.98 Å². The molecule has 0 radical (unpaired) electrons. The van der Waals surface area contributed by atoms with Crippen LogP contribution in [0.1, 0.15) is 11.3 Å². The summed E-state index contributed by atoms with van der Waals surface area (Å²) in [5.74, 6) is 1.13. The van der Waals surface area contributed by atoms with E-state index in [4.69, 9.17) is 18.3 Å². The summed E-state index contributed by atoms with van der Waals surface area (Å²) in [6.07, 6.45) is 3.26. The highest BCUT2D eigenvalue weighted by Gasteiger charge is 2.26. The van der Waals surface area contributed by atoms with Crippen LogP contribution in [0.5, 0.6) is 11.5 Å². The smallest absolute Gasteiger partial charge is 0.209 e. The van der Waals surface area contributed by atoms with Gasteiger partial charge in [-0.05, 0) is 18.6 Å². The molecule has 0 saturated heterocycles. The van der Waals surface area contributed by atoms with E-state index in [9.17, 15) is 4.79 Å². The number of thiazole rings is 1. The number of rotatable bonds is 5. The van der Waals surface area contributed by atoms with E-state index in [1.165, 1.54) is 31.8 Å². The monoisotopic (exact) mass is 446 g/mol. The van der Waals surface area contributed by atoms with Gasteiger partial charge < -0.3 is 18.3 Å². The second-order valence-electron chi connectivity index (χ2n) is 6.98. The molecule has 32 heavy (non-hydrogen) atoms. The molecular formula is C24H18N2O5S. The minimum absolute atomic E-state index is 0.258. The summed E-state index contributed by atoms with van der Waals surface area (Å²) < 4.78 is 22.7. The highest BCUT2D eigenvalue weighted by atomic mass is 32.1. The van der Waals surface area contributed by atoms with Crippen LogP contribution in [0, 0.1) is 6.92 Å². The van der Waals surface area contributed by atoms with Crippen LogP contribution in [0.2, 0.25) is 0 Å². The van der Waals surface area contributed by atoms with E-state index < -0.39 is 0 Å². The fraction of sp³-hybridized carbons (Fsp3) is 0.125. The third kappa shape index (κ3) is 3.16. The normalized spacial score (nSPS) is 11.6. The molecule has 3 heterocycles. The van der Waals surface area contributed by atoms with Gasteiger partial charge in [-0.1, -0.05) is 30.3 Å². The summed E-state index contributed by atoms with van der Waals surface area (Å²) in [6, 6.07) is 11.5. The lowest BCUT2D eigenvalue weighted by atomic mass is 10.1. The quantitative estimate of drug-likeness (QED) is 0.320. The Morgan fingerprint density at radius 2 is 1.84 bits per heavy atom. The molecule has 0 bridgehead atoms. The van der Waals surface area contributed by atoms with Gasteiger partial charge in [0.05, 0.1) is 37.1 Å². The second-order valence-corrected chi connectivity index (χ2v) is 7.82. The third-order valence-electron chi connectivity index (χ3n) is 5.12. The van der Waals surface area contributed by atoms with Gasteiger partial charge >= 0.3 is 0 Å². The molecule has 5 aromatic rings. The van der Waals surface area contributed by atoms with Crippen LogP contribution in [0.15, 0.2) is 66.7 Å². The molecule has 0 aliphatic heterocycles. The number of fused-ring (bicyclic) bond motifs is 2. The zero-order valence-electron chi connectivity index (χ0n) is 17.5. The molecule has 160 valence electrons. The van der Waals surface area contributed by atoms with Crippen LogP contribution in [-0.4, -0.2) is 25.4 Å². The van der Waals surface area contributed by atoms with Gasteiger partial charge in [-0.15, -0.1) is 11.3 Å². The van der Waals surface area contributed by atoms with Crippen molar-refractivity contribution in [2.45, 2.75) is 6.92 Å². The van der Waals surface area contributed by atoms with E-state index in [2.05, 4.69) is 9.98 Å². The maximum Gasteiger partial charge on any atom is 0.209 e. The van der Waals surface area contributed by atoms with Crippen LogP contribution in [0.3, 0.4) is 0 Å². The fourth-order valence-electron chi connectivity index (χ4n) is 3.71. The Labute approximate surface area is 186 Å². The average molecular weight is 446 g/mol. The Bertz CT molecular complexity index is 1530. The van der Waals surface area contributed by atoms with Gasteiger partial charge in [0.2, 0.25) is 16.3 Å². The lowest BCUT2D eigenvalue weighted by Gasteiger charge is -2.12. The molecule has 5 rings (SSSR count). The number of aromatic nitrogens is 1. The Kier molecular flexibility index (Phi) is 4.99. The number of methoxy groups -OCH3 is 2. The van der Waals surface area contributed by atoms with E-state index in [1.54, 1.807) is 24.6 Å². The zero-order valence-corrected chi connectivity index (χ0v) is 18.4. The molecule has 0 aliphatic carbocycles. The molecule has 0 N–H and O–H groups in total. The number of furan rings is 1. The van der Waals surface area contributed by atoms with Crippen molar-refractivity contribution >= 4 is 44.6 Å². The van der Waals surface area contributed by atoms with Crippen LogP contribution in [0.25, 0.3) is 33.2 Å². The topological polar surface area (TPSA) is 87.1 Å². The summed E-state index contributed by atoms with van der Waals surface area (Å²) >= 11 is 1.35. The van der Waals surface area contributed by atoms with Crippen molar-refractivity contribution in [3.63, 3.8) is 0 Å². The van der Waals surface area contributed by atoms with Crippen LogP contribution >= 0.6 is 11.3 Å². The summed E-state index contributed by atoms with van der Waals surface area (Å²) in [5, 5.41) is 3.24. The lowest BCUT2D eigenvalue weighted by Crippen LogP contribution is -2.10. The molecule has 0 fully saturated rings. The molecule has 8 heteroatoms. The summed E-state index contributed by atoms with van der Waals surface area (Å²) in [6.45, 7) is 1.72. The van der Waals surface area contributed by atoms with Crippen molar-refractivity contribution in [3.05, 3.63) is 69.6 Å². The summed E-state index contributed by atoms with van der Waals surface area (Å²) in [5.41, 5.74) is 2.29. The van der Waals surface area contributed by atoms with Gasteiger partial charge in [-0.25, -0.2) is 9.98 Å². The molecule has 0 saturated carbocycles. The number of ether oxygens (including phenoxy) is 2. The average Bonchev–Trinajstić information content (AvgIpc) is 3.47. The van der Waals surface area contributed by atoms with E-state index in [0.29, 0.717) is 44.6 Å². The van der Waals surface area contributed by atoms with E-state index in [1.807, 2.05) is 30.3 Å². The van der Waals surface area contributed by atoms with E-state index in [-0.39, 0.29) is 16.4 Å². The minimum atomic E-state index is -0.258. The van der Waals surface area contributed by atoms with E-state index in [0.717, 1.165) is 5.56 Å². The molecule has 2 aromatic carbocycles. The van der Waals surface area contributed by atoms with Crippen molar-refractivity contribution in [3.8, 4) is 22.8 Å². The first-order valence-corrected chi connectivity index (χ1v) is 10.6. The Morgan fingerprint density at radius 3 is 2.59 bits per heavy atom. The van der Waals surface area contributed by atoms with Crippen LogP contribution in [-0.2, 0) is 0 Å². The molecular weight excluding hydrogens is 428 g/mol. The SMILES string of the molecule is COc1c2occc2c(OC)c2c(=O)c(-c3csc(/N=C/c4ccccc4)n3)c(C)oc12. The maximum atomic E-state index is 13.7. The first-order valence-electron chi connectivity index (χ1n) is 9.76. The number of aliphatic imine (C=N–C) groups is 1. The highest BCUT2D eigenvalue weighted by Crippen LogP contribution is 2.43. The molecule has 0 amide bonds. The largest absolute Gasteiger partial charge is 0.495 e. The summed E-state index contributed by atoms with van der Waals surface area (Å²) in [7, 11) is 3.01. The Balaban J connectivity index is 1.69.